The molecule has 1 aliphatic heterocycles. The average Bonchev–Trinajstić information content (AvgIpc) is 2.84. The summed E-state index contributed by atoms with van der Waals surface area (Å²) in [6, 6.07) is 36.2. The lowest BCUT2D eigenvalue weighted by Crippen LogP contribution is -2.65. The van der Waals surface area contributed by atoms with Crippen molar-refractivity contribution in [1.29, 1.82) is 0 Å². The second-order valence-corrected chi connectivity index (χ2v) is 13.5. The molecule has 150 valence electrons. The molecule has 0 N–H and O–H groups in total. The van der Waals surface area contributed by atoms with Gasteiger partial charge in [0.2, 0.25) is 5.52 Å². The molecule has 5 aromatic rings. The molecule has 0 aliphatic carbocycles. The third kappa shape index (κ3) is 2.73. The van der Waals surface area contributed by atoms with Crippen molar-refractivity contribution in [3.63, 3.8) is 0 Å². The molecular formula is C28H24NSSi+. The molecule has 0 radical (unpaired) electrons. The Bertz CT molecular complexity index is 1410. The van der Waals surface area contributed by atoms with Crippen molar-refractivity contribution in [2.24, 2.45) is 0 Å². The van der Waals surface area contributed by atoms with Crippen LogP contribution < -0.4 is 20.1 Å². The van der Waals surface area contributed by atoms with E-state index in [4.69, 9.17) is 0 Å². The zero-order chi connectivity index (χ0) is 21.0. The van der Waals surface area contributed by atoms with Crippen LogP contribution in [0.1, 0.15) is 5.69 Å². The van der Waals surface area contributed by atoms with E-state index in [-0.39, 0.29) is 0 Å². The van der Waals surface area contributed by atoms with Crippen LogP contribution in [0.2, 0.25) is 6.55 Å². The molecule has 0 bridgehead atoms. The third-order valence-electron chi connectivity index (χ3n) is 6.92. The molecule has 0 saturated heterocycles. The Morgan fingerprint density at radius 1 is 0.710 bits per heavy atom. The van der Waals surface area contributed by atoms with E-state index in [0.717, 1.165) is 5.88 Å². The second-order valence-electron chi connectivity index (χ2n) is 8.58. The monoisotopic (exact) mass is 434 g/mol. The van der Waals surface area contributed by atoms with Gasteiger partial charge < -0.3 is 0 Å². The maximum atomic E-state index is 2.52. The molecule has 0 spiro atoms. The molecule has 1 aromatic heterocycles. The van der Waals surface area contributed by atoms with E-state index in [1.165, 1.54) is 47.8 Å². The predicted molar refractivity (Wildman–Crippen MR) is 136 cm³/mol. The van der Waals surface area contributed by atoms with E-state index >= 15 is 0 Å². The van der Waals surface area contributed by atoms with Crippen LogP contribution in [0.15, 0.2) is 102 Å². The number of rotatable bonds is 3. The molecule has 0 saturated carbocycles. The first-order valence-corrected chi connectivity index (χ1v) is 14.3. The molecule has 6 rings (SSSR count). The van der Waals surface area contributed by atoms with Gasteiger partial charge >= 0.3 is 0 Å². The van der Waals surface area contributed by atoms with Gasteiger partial charge in [-0.05, 0) is 33.1 Å². The van der Waals surface area contributed by atoms with Crippen molar-refractivity contribution in [1.82, 2.24) is 0 Å². The van der Waals surface area contributed by atoms with Gasteiger partial charge in [-0.15, -0.1) is 0 Å². The zero-order valence-electron chi connectivity index (χ0n) is 17.8. The van der Waals surface area contributed by atoms with Crippen LogP contribution in [0.5, 0.6) is 0 Å². The standard InChI is InChI=1S/C28H24NSSi/c1-20-13-14-22-16-15-21-17-18-25(28-26(21)27(22)29(20)19-30-28)31(2,23-9-5-3-6-10-23)24-11-7-4-8-12-24/h3-18H,19H2,1-2H3/q+1. The van der Waals surface area contributed by atoms with Crippen LogP contribution in [0.4, 0.5) is 0 Å². The number of benzene rings is 4. The number of aryl methyl sites for hydroxylation is 1. The highest BCUT2D eigenvalue weighted by atomic mass is 32.2. The minimum absolute atomic E-state index is 0.973. The summed E-state index contributed by atoms with van der Waals surface area (Å²) >= 11 is 2.01. The molecule has 0 unspecified atom stereocenters. The fraction of sp³-hybridized carbons (Fsp3) is 0.107. The smallest absolute Gasteiger partial charge is 0.185 e. The third-order valence-corrected chi connectivity index (χ3v) is 12.7. The van der Waals surface area contributed by atoms with E-state index in [2.05, 4.69) is 115 Å². The highest BCUT2D eigenvalue weighted by molar-refractivity contribution is 7.98. The fourth-order valence-electron chi connectivity index (χ4n) is 5.15. The predicted octanol–water partition coefficient (Wildman–Crippen LogP) is 4.75. The van der Waals surface area contributed by atoms with Crippen LogP contribution in [-0.2, 0) is 5.88 Å². The van der Waals surface area contributed by atoms with E-state index in [9.17, 15) is 0 Å². The Morgan fingerprint density at radius 2 is 1.29 bits per heavy atom. The summed E-state index contributed by atoms with van der Waals surface area (Å²) in [6.07, 6.45) is 0. The Balaban J connectivity index is 1.75. The van der Waals surface area contributed by atoms with Gasteiger partial charge in [-0.2, -0.15) is 4.57 Å². The van der Waals surface area contributed by atoms with E-state index < -0.39 is 8.07 Å². The highest BCUT2D eigenvalue weighted by Crippen LogP contribution is 2.36. The summed E-state index contributed by atoms with van der Waals surface area (Å²) in [7, 11) is -2.16. The molecule has 0 amide bonds. The normalized spacial score (nSPS) is 13.2. The lowest BCUT2D eigenvalue weighted by Gasteiger charge is -2.32. The van der Waals surface area contributed by atoms with Crippen molar-refractivity contribution in [3.8, 4) is 0 Å². The first-order chi connectivity index (χ1) is 15.2. The molecule has 4 aromatic carbocycles. The highest BCUT2D eigenvalue weighted by Gasteiger charge is 2.38. The summed E-state index contributed by atoms with van der Waals surface area (Å²) in [6.45, 7) is 4.75. The lowest BCUT2D eigenvalue weighted by atomic mass is 10.0. The minimum atomic E-state index is -2.16. The van der Waals surface area contributed by atoms with Gasteiger partial charge in [0.25, 0.3) is 0 Å². The van der Waals surface area contributed by atoms with Crippen LogP contribution in [0.3, 0.4) is 0 Å². The van der Waals surface area contributed by atoms with Crippen LogP contribution in [-0.4, -0.2) is 8.07 Å². The van der Waals surface area contributed by atoms with E-state index in [1.807, 2.05) is 11.8 Å². The molecule has 1 aliphatic rings. The van der Waals surface area contributed by atoms with Gasteiger partial charge in [-0.3, -0.25) is 0 Å². The maximum Gasteiger partial charge on any atom is 0.222 e. The number of nitrogens with zero attached hydrogens (tertiary/aromatic N) is 1. The number of pyridine rings is 1. The summed E-state index contributed by atoms with van der Waals surface area (Å²) in [5.74, 6) is 0.973. The Kier molecular flexibility index (Phi) is 4.30. The summed E-state index contributed by atoms with van der Waals surface area (Å²) in [4.78, 5) is 1.48. The van der Waals surface area contributed by atoms with Gasteiger partial charge in [0.1, 0.15) is 8.07 Å². The molecular weight excluding hydrogens is 410 g/mol. The number of hydrogen-bond donors (Lipinski definition) is 0. The van der Waals surface area contributed by atoms with E-state index in [1.54, 1.807) is 0 Å². The summed E-state index contributed by atoms with van der Waals surface area (Å²) < 4.78 is 2.49. The molecule has 1 nitrogen and oxygen atoms in total. The molecule has 2 heterocycles. The van der Waals surface area contributed by atoms with Gasteiger partial charge in [0, 0.05) is 23.3 Å². The molecule has 0 fully saturated rings. The second kappa shape index (κ2) is 7.08. The number of thioether (sulfide) groups is 1. The van der Waals surface area contributed by atoms with Crippen LogP contribution in [0, 0.1) is 6.92 Å². The minimum Gasteiger partial charge on any atom is -0.185 e. The van der Waals surface area contributed by atoms with Crippen molar-refractivity contribution in [2.75, 3.05) is 0 Å². The van der Waals surface area contributed by atoms with Crippen molar-refractivity contribution in [2.45, 2.75) is 24.2 Å². The van der Waals surface area contributed by atoms with E-state index in [0.29, 0.717) is 0 Å². The largest absolute Gasteiger partial charge is 0.222 e. The first kappa shape index (κ1) is 18.9. The number of hydrogen-bond acceptors (Lipinski definition) is 1. The van der Waals surface area contributed by atoms with Crippen LogP contribution >= 0.6 is 11.8 Å². The topological polar surface area (TPSA) is 3.88 Å². The van der Waals surface area contributed by atoms with Gasteiger partial charge in [-0.1, -0.05) is 97.2 Å². The molecule has 3 heteroatoms. The summed E-state index contributed by atoms with van der Waals surface area (Å²) in [5.41, 5.74) is 2.72. The zero-order valence-corrected chi connectivity index (χ0v) is 19.6. The molecule has 0 atom stereocenters. The first-order valence-electron chi connectivity index (χ1n) is 10.8. The quantitative estimate of drug-likeness (QED) is 0.171. The van der Waals surface area contributed by atoms with Crippen molar-refractivity contribution < 1.29 is 4.57 Å². The Morgan fingerprint density at radius 3 is 1.97 bits per heavy atom. The molecule has 31 heavy (non-hydrogen) atoms. The van der Waals surface area contributed by atoms with Gasteiger partial charge in [0.05, 0.1) is 5.39 Å². The number of aromatic nitrogens is 1. The van der Waals surface area contributed by atoms with Gasteiger partial charge in [0.15, 0.2) is 11.6 Å². The van der Waals surface area contributed by atoms with Gasteiger partial charge in [-0.25, -0.2) is 0 Å². The van der Waals surface area contributed by atoms with Crippen LogP contribution in [0.25, 0.3) is 21.7 Å². The lowest BCUT2D eigenvalue weighted by molar-refractivity contribution is -0.655. The SMILES string of the molecule is Cc1ccc2ccc3ccc([Si](C)(c4ccccc4)c4ccccc4)c4c3c2[n+]1CS4. The van der Waals surface area contributed by atoms with Crippen molar-refractivity contribution in [3.05, 3.63) is 103 Å². The summed E-state index contributed by atoms with van der Waals surface area (Å²) in [5, 5.41) is 8.57. The van der Waals surface area contributed by atoms with Crippen molar-refractivity contribution >= 4 is 57.1 Å². The fourth-order valence-corrected chi connectivity index (χ4v) is 10.8. The average molecular weight is 435 g/mol. The Hall–Kier alpha value is -2.88. The maximum absolute atomic E-state index is 2.52. The Labute approximate surface area is 188 Å².